The number of ether oxygens (including phenoxy) is 1. The molecule has 1 aromatic carbocycles. The van der Waals surface area contributed by atoms with Gasteiger partial charge < -0.3 is 9.64 Å². The van der Waals surface area contributed by atoms with E-state index in [0.717, 1.165) is 23.5 Å². The predicted octanol–water partition coefficient (Wildman–Crippen LogP) is 5.02. The Morgan fingerprint density at radius 3 is 2.50 bits per heavy atom. The van der Waals surface area contributed by atoms with E-state index in [1.54, 1.807) is 11.0 Å². The van der Waals surface area contributed by atoms with E-state index in [9.17, 15) is 13.6 Å². The van der Waals surface area contributed by atoms with Crippen LogP contribution in [0.1, 0.15) is 23.2 Å². The molecule has 0 N–H and O–H groups in total. The molecule has 0 unspecified atom stereocenters. The molecular weight excluding hydrogens is 379 g/mol. The van der Waals surface area contributed by atoms with Gasteiger partial charge >= 0.3 is 0 Å². The van der Waals surface area contributed by atoms with Crippen LogP contribution < -0.4 is 4.74 Å². The smallest absolute Gasteiger partial charge is 0.256 e. The number of hydrogen-bond donors (Lipinski definition) is 0. The molecule has 24 heavy (non-hydrogen) atoms. The van der Waals surface area contributed by atoms with Crippen molar-refractivity contribution in [1.82, 2.24) is 4.90 Å². The van der Waals surface area contributed by atoms with Gasteiger partial charge in [0.1, 0.15) is 16.3 Å². The highest BCUT2D eigenvalue weighted by Gasteiger charge is 2.27. The Balaban J connectivity index is 1.59. The number of rotatable bonds is 3. The van der Waals surface area contributed by atoms with Gasteiger partial charge in [0, 0.05) is 32.0 Å². The third-order valence-corrected chi connectivity index (χ3v) is 5.29. The van der Waals surface area contributed by atoms with Crippen molar-refractivity contribution < 1.29 is 18.3 Å². The minimum absolute atomic E-state index is 0.0221. The molecule has 1 amide bonds. The van der Waals surface area contributed by atoms with Crippen LogP contribution in [0.15, 0.2) is 24.3 Å². The Bertz CT molecular complexity index is 761. The fourth-order valence-electron chi connectivity index (χ4n) is 2.58. The summed E-state index contributed by atoms with van der Waals surface area (Å²) in [4.78, 5) is 14.1. The van der Waals surface area contributed by atoms with E-state index in [-0.39, 0.29) is 17.8 Å². The maximum Gasteiger partial charge on any atom is 0.256 e. The van der Waals surface area contributed by atoms with E-state index in [0.29, 0.717) is 40.2 Å². The maximum absolute atomic E-state index is 13.6. The molecule has 3 rings (SSSR count). The molecule has 1 aliphatic heterocycles. The molecule has 0 radical (unpaired) electrons. The number of likely N-dealkylation sites (tertiary alicyclic amines) is 1. The number of carbonyl (C=O) groups is 1. The number of amides is 1. The van der Waals surface area contributed by atoms with Gasteiger partial charge in [-0.25, -0.2) is 8.78 Å². The molecule has 8 heteroatoms. The molecule has 1 aromatic heterocycles. The van der Waals surface area contributed by atoms with Crippen LogP contribution in [0, 0.1) is 11.6 Å². The van der Waals surface area contributed by atoms with Crippen molar-refractivity contribution in [3.05, 3.63) is 50.1 Å². The first-order chi connectivity index (χ1) is 11.4. The third-order valence-electron chi connectivity index (χ3n) is 3.80. The molecule has 2 aromatic rings. The van der Waals surface area contributed by atoms with Crippen LogP contribution in [-0.4, -0.2) is 30.0 Å². The van der Waals surface area contributed by atoms with Gasteiger partial charge in [0.05, 0.1) is 9.90 Å². The monoisotopic (exact) mass is 391 g/mol. The highest BCUT2D eigenvalue weighted by molar-refractivity contribution is 7.20. The Kier molecular flexibility index (Phi) is 5.27. The molecule has 128 valence electrons. The number of halogens is 4. The second kappa shape index (κ2) is 7.25. The summed E-state index contributed by atoms with van der Waals surface area (Å²) in [6, 6.07) is 4.78. The second-order valence-corrected chi connectivity index (χ2v) is 7.71. The molecule has 2 heterocycles. The highest BCUT2D eigenvalue weighted by atomic mass is 35.5. The van der Waals surface area contributed by atoms with Crippen LogP contribution >= 0.6 is 34.5 Å². The summed E-state index contributed by atoms with van der Waals surface area (Å²) >= 11 is 13.0. The largest absolute Gasteiger partial charge is 0.487 e. The summed E-state index contributed by atoms with van der Waals surface area (Å²) in [6.07, 6.45) is 0.881. The quantitative estimate of drug-likeness (QED) is 0.735. The lowest BCUT2D eigenvalue weighted by Gasteiger charge is -2.32. The predicted molar refractivity (Wildman–Crippen MR) is 90.3 cm³/mol. The number of hydrogen-bond acceptors (Lipinski definition) is 3. The third kappa shape index (κ3) is 3.82. The lowest BCUT2D eigenvalue weighted by molar-refractivity contribution is 0.0589. The zero-order valence-electron chi connectivity index (χ0n) is 12.4. The summed E-state index contributed by atoms with van der Waals surface area (Å²) in [5.41, 5.74) is 0.399. The minimum atomic E-state index is -0.729. The summed E-state index contributed by atoms with van der Waals surface area (Å²) in [5.74, 6) is -1.52. The number of benzene rings is 1. The summed E-state index contributed by atoms with van der Waals surface area (Å²) in [5, 5.41) is 0. The highest BCUT2D eigenvalue weighted by Crippen LogP contribution is 2.32. The first-order valence-electron chi connectivity index (χ1n) is 7.30. The van der Waals surface area contributed by atoms with Crippen molar-refractivity contribution in [2.45, 2.75) is 18.9 Å². The van der Waals surface area contributed by atoms with E-state index in [4.69, 9.17) is 27.9 Å². The number of piperidine rings is 1. The molecule has 0 aliphatic carbocycles. The maximum atomic E-state index is 13.6. The second-order valence-electron chi connectivity index (χ2n) is 5.42. The average molecular weight is 392 g/mol. The first-order valence-corrected chi connectivity index (χ1v) is 8.87. The molecule has 1 fully saturated rings. The molecule has 1 aliphatic rings. The van der Waals surface area contributed by atoms with Crippen molar-refractivity contribution >= 4 is 40.4 Å². The molecule has 1 saturated heterocycles. The normalized spacial score (nSPS) is 15.6. The van der Waals surface area contributed by atoms with Crippen LogP contribution in [0.5, 0.6) is 5.75 Å². The van der Waals surface area contributed by atoms with Gasteiger partial charge in [-0.15, -0.1) is 11.3 Å². The Morgan fingerprint density at radius 1 is 1.21 bits per heavy atom. The van der Waals surface area contributed by atoms with E-state index in [2.05, 4.69) is 0 Å². The molecule has 3 nitrogen and oxygen atoms in total. The van der Waals surface area contributed by atoms with Crippen molar-refractivity contribution in [2.75, 3.05) is 13.1 Å². The zero-order chi connectivity index (χ0) is 17.3. The number of thiophene rings is 1. The van der Waals surface area contributed by atoms with Gasteiger partial charge in [0.15, 0.2) is 11.6 Å². The van der Waals surface area contributed by atoms with Crippen LogP contribution in [0.3, 0.4) is 0 Å². The number of carbonyl (C=O) groups excluding carboxylic acids is 1. The van der Waals surface area contributed by atoms with E-state index in [1.807, 2.05) is 0 Å². The molecule has 0 saturated carbocycles. The van der Waals surface area contributed by atoms with Crippen LogP contribution in [0.2, 0.25) is 8.67 Å². The average Bonchev–Trinajstić information content (AvgIpc) is 2.88. The van der Waals surface area contributed by atoms with Crippen LogP contribution in [0.4, 0.5) is 8.78 Å². The van der Waals surface area contributed by atoms with E-state index in [1.165, 1.54) is 6.07 Å². The van der Waals surface area contributed by atoms with E-state index < -0.39 is 11.6 Å². The topological polar surface area (TPSA) is 29.5 Å². The zero-order valence-corrected chi connectivity index (χ0v) is 14.7. The van der Waals surface area contributed by atoms with Gasteiger partial charge in [-0.05, 0) is 18.2 Å². The summed E-state index contributed by atoms with van der Waals surface area (Å²) < 4.78 is 32.9. The van der Waals surface area contributed by atoms with Gasteiger partial charge in [0.2, 0.25) is 0 Å². The van der Waals surface area contributed by atoms with Crippen LogP contribution in [0.25, 0.3) is 0 Å². The van der Waals surface area contributed by atoms with Crippen molar-refractivity contribution in [3.63, 3.8) is 0 Å². The van der Waals surface area contributed by atoms with Crippen molar-refractivity contribution in [3.8, 4) is 5.75 Å². The fraction of sp³-hybridized carbons (Fsp3) is 0.312. The SMILES string of the molecule is O=C(c1cc(Cl)sc1Cl)N1CCC(Oc2ccc(F)cc2F)CC1. The first kappa shape index (κ1) is 17.5. The Morgan fingerprint density at radius 2 is 1.92 bits per heavy atom. The van der Waals surface area contributed by atoms with Gasteiger partial charge in [-0.1, -0.05) is 23.2 Å². The van der Waals surface area contributed by atoms with Crippen molar-refractivity contribution in [2.24, 2.45) is 0 Å². The summed E-state index contributed by atoms with van der Waals surface area (Å²) in [6.45, 7) is 0.937. The molecule has 0 atom stereocenters. The van der Waals surface area contributed by atoms with Gasteiger partial charge in [0.25, 0.3) is 5.91 Å². The lowest BCUT2D eigenvalue weighted by Crippen LogP contribution is -2.41. The molecule has 0 spiro atoms. The van der Waals surface area contributed by atoms with Crippen molar-refractivity contribution in [1.29, 1.82) is 0 Å². The number of nitrogens with zero attached hydrogens (tertiary/aromatic N) is 1. The molecular formula is C16H13Cl2F2NO2S. The Hall–Kier alpha value is -1.37. The van der Waals surface area contributed by atoms with Gasteiger partial charge in [-0.2, -0.15) is 0 Å². The van der Waals surface area contributed by atoms with Gasteiger partial charge in [-0.3, -0.25) is 4.79 Å². The van der Waals surface area contributed by atoms with Crippen LogP contribution in [-0.2, 0) is 0 Å². The standard InChI is InChI=1S/C16H13Cl2F2NO2S/c17-14-8-11(15(18)24-14)16(22)21-5-3-10(4-6-21)23-13-2-1-9(19)7-12(13)20/h1-2,7-8,10H,3-6H2. The minimum Gasteiger partial charge on any atom is -0.487 e. The Labute approximate surface area is 151 Å². The summed E-state index contributed by atoms with van der Waals surface area (Å²) in [7, 11) is 0. The lowest BCUT2D eigenvalue weighted by atomic mass is 10.1. The van der Waals surface area contributed by atoms with E-state index >= 15 is 0 Å². The molecule has 0 bridgehead atoms. The fourth-order valence-corrected chi connectivity index (χ4v) is 4.03.